The van der Waals surface area contributed by atoms with E-state index in [0.717, 1.165) is 17.1 Å². The maximum absolute atomic E-state index is 12.5. The zero-order valence-electron chi connectivity index (χ0n) is 16.9. The molecule has 3 heterocycles. The van der Waals surface area contributed by atoms with Gasteiger partial charge in [-0.2, -0.15) is 9.78 Å². The average Bonchev–Trinajstić information content (AvgIpc) is 3.06. The molecule has 0 radical (unpaired) electrons. The molecule has 0 saturated carbocycles. The normalized spacial score (nSPS) is 11.0. The smallest absolute Gasteiger partial charge is 0.258 e. The van der Waals surface area contributed by atoms with Crippen LogP contribution in [-0.2, 0) is 11.2 Å². The molecule has 30 heavy (non-hydrogen) atoms. The van der Waals surface area contributed by atoms with Gasteiger partial charge in [-0.05, 0) is 39.0 Å². The molecule has 0 aliphatic rings. The van der Waals surface area contributed by atoms with E-state index in [1.165, 1.54) is 4.68 Å². The molecule has 1 aromatic carbocycles. The number of H-pyrrole nitrogens is 1. The molecule has 0 unspecified atom stereocenters. The van der Waals surface area contributed by atoms with E-state index in [9.17, 15) is 9.59 Å². The molecule has 0 saturated heterocycles. The van der Waals surface area contributed by atoms with Crippen LogP contribution in [0.25, 0.3) is 16.9 Å². The van der Waals surface area contributed by atoms with Crippen LogP contribution in [0.5, 0.6) is 0 Å². The lowest BCUT2D eigenvalue weighted by Gasteiger charge is -2.09. The van der Waals surface area contributed by atoms with Crippen molar-refractivity contribution in [3.63, 3.8) is 0 Å². The fourth-order valence-corrected chi connectivity index (χ4v) is 3.23. The van der Waals surface area contributed by atoms with Gasteiger partial charge in [0.05, 0.1) is 16.6 Å². The van der Waals surface area contributed by atoms with E-state index in [1.54, 1.807) is 24.3 Å². The summed E-state index contributed by atoms with van der Waals surface area (Å²) in [7, 11) is 0. The Morgan fingerprint density at radius 1 is 1.03 bits per heavy atom. The molecule has 152 valence electrons. The van der Waals surface area contributed by atoms with Crippen LogP contribution < -0.4 is 10.9 Å². The first-order valence-corrected chi connectivity index (χ1v) is 9.56. The van der Waals surface area contributed by atoms with Gasteiger partial charge in [0.1, 0.15) is 11.6 Å². The minimum atomic E-state index is -0.226. The number of anilines is 1. The molecule has 0 fully saturated rings. The van der Waals surface area contributed by atoms with E-state index in [-0.39, 0.29) is 17.9 Å². The van der Waals surface area contributed by atoms with Crippen LogP contribution in [0, 0.1) is 20.8 Å². The molecule has 9 nitrogen and oxygen atoms in total. The summed E-state index contributed by atoms with van der Waals surface area (Å²) >= 11 is 0. The number of carbonyl (C=O) groups is 1. The number of amides is 1. The third-order valence-corrected chi connectivity index (χ3v) is 4.51. The monoisotopic (exact) mass is 403 g/mol. The third kappa shape index (κ3) is 4.09. The Bertz CT molecular complexity index is 1290. The number of carbonyl (C=O) groups excluding carboxylic acids is 1. The first-order chi connectivity index (χ1) is 14.4. The zero-order chi connectivity index (χ0) is 21.3. The first kappa shape index (κ1) is 19.4. The molecule has 1 amide bonds. The Morgan fingerprint density at radius 2 is 1.77 bits per heavy atom. The van der Waals surface area contributed by atoms with Crippen molar-refractivity contribution in [1.29, 1.82) is 0 Å². The Hall–Kier alpha value is -3.88. The standard InChI is InChI=1S/C21H21N7O2/c1-12-10-13(2)23-21(22-12)28-18(11-14(3)27-28)26-19(29)9-8-17-24-16-7-5-4-6-15(16)20(30)25-17/h4-7,10-11H,8-9H2,1-3H3,(H,26,29)(H,24,25,30). The fourth-order valence-electron chi connectivity index (χ4n) is 3.23. The van der Waals surface area contributed by atoms with Gasteiger partial charge < -0.3 is 10.3 Å². The molecule has 4 rings (SSSR count). The molecule has 0 spiro atoms. The van der Waals surface area contributed by atoms with E-state index >= 15 is 0 Å². The summed E-state index contributed by atoms with van der Waals surface area (Å²) < 4.78 is 1.52. The third-order valence-electron chi connectivity index (χ3n) is 4.51. The van der Waals surface area contributed by atoms with Gasteiger partial charge in [-0.3, -0.25) is 9.59 Å². The largest absolute Gasteiger partial charge is 0.310 e. The Balaban J connectivity index is 1.51. The molecule has 2 N–H and O–H groups in total. The number of rotatable bonds is 5. The molecule has 9 heteroatoms. The second kappa shape index (κ2) is 7.86. The van der Waals surface area contributed by atoms with Gasteiger partial charge >= 0.3 is 0 Å². The predicted octanol–water partition coefficient (Wildman–Crippen LogP) is 2.40. The van der Waals surface area contributed by atoms with Crippen LogP contribution in [0.2, 0.25) is 0 Å². The molecule has 0 bridgehead atoms. The van der Waals surface area contributed by atoms with Crippen molar-refractivity contribution in [3.05, 3.63) is 69.7 Å². The zero-order valence-corrected chi connectivity index (χ0v) is 16.9. The van der Waals surface area contributed by atoms with Crippen molar-refractivity contribution in [1.82, 2.24) is 29.7 Å². The van der Waals surface area contributed by atoms with Crippen LogP contribution in [0.4, 0.5) is 5.82 Å². The quantitative estimate of drug-likeness (QED) is 0.528. The van der Waals surface area contributed by atoms with E-state index in [1.807, 2.05) is 32.9 Å². The highest BCUT2D eigenvalue weighted by atomic mass is 16.1. The highest BCUT2D eigenvalue weighted by molar-refractivity contribution is 5.90. The molecule has 0 aliphatic carbocycles. The summed E-state index contributed by atoms with van der Waals surface area (Å²) in [6.45, 7) is 5.59. The van der Waals surface area contributed by atoms with Crippen molar-refractivity contribution >= 4 is 22.6 Å². The van der Waals surface area contributed by atoms with Crippen LogP contribution in [0.15, 0.2) is 41.2 Å². The van der Waals surface area contributed by atoms with E-state index in [4.69, 9.17) is 0 Å². The fraction of sp³-hybridized carbons (Fsp3) is 0.238. The number of benzene rings is 1. The summed E-state index contributed by atoms with van der Waals surface area (Å²) in [6, 6.07) is 10.7. The van der Waals surface area contributed by atoms with Gasteiger partial charge in [0.15, 0.2) is 0 Å². The number of aromatic amines is 1. The lowest BCUT2D eigenvalue weighted by molar-refractivity contribution is -0.116. The number of fused-ring (bicyclic) bond motifs is 1. The average molecular weight is 403 g/mol. The van der Waals surface area contributed by atoms with Gasteiger partial charge in [0, 0.05) is 30.3 Å². The molecule has 0 atom stereocenters. The number of nitrogens with one attached hydrogen (secondary N) is 2. The van der Waals surface area contributed by atoms with Gasteiger partial charge in [0.25, 0.3) is 11.5 Å². The summed E-state index contributed by atoms with van der Waals surface area (Å²) in [5.74, 6) is 1.13. The number of aromatic nitrogens is 6. The number of nitrogens with zero attached hydrogens (tertiary/aromatic N) is 5. The minimum absolute atomic E-state index is 0.152. The van der Waals surface area contributed by atoms with E-state index in [0.29, 0.717) is 34.9 Å². The van der Waals surface area contributed by atoms with Crippen LogP contribution in [-0.4, -0.2) is 35.6 Å². The Morgan fingerprint density at radius 3 is 2.53 bits per heavy atom. The molecule has 4 aromatic rings. The summed E-state index contributed by atoms with van der Waals surface area (Å²) in [6.07, 6.45) is 0.457. The van der Waals surface area contributed by atoms with E-state index in [2.05, 4.69) is 30.4 Å². The van der Waals surface area contributed by atoms with Crippen molar-refractivity contribution in [2.24, 2.45) is 0 Å². The maximum Gasteiger partial charge on any atom is 0.258 e. The van der Waals surface area contributed by atoms with E-state index < -0.39 is 0 Å². The lowest BCUT2D eigenvalue weighted by atomic mass is 10.2. The maximum atomic E-state index is 12.5. The first-order valence-electron chi connectivity index (χ1n) is 9.56. The Kier molecular flexibility index (Phi) is 5.09. The highest BCUT2D eigenvalue weighted by Gasteiger charge is 2.14. The van der Waals surface area contributed by atoms with Crippen molar-refractivity contribution in [2.75, 3.05) is 5.32 Å². The minimum Gasteiger partial charge on any atom is -0.310 e. The summed E-state index contributed by atoms with van der Waals surface area (Å²) in [5.41, 5.74) is 2.76. The molecular weight excluding hydrogens is 382 g/mol. The predicted molar refractivity (Wildman–Crippen MR) is 113 cm³/mol. The summed E-state index contributed by atoms with van der Waals surface area (Å²) in [4.78, 5) is 40.7. The second-order valence-corrected chi connectivity index (χ2v) is 7.11. The van der Waals surface area contributed by atoms with Crippen molar-refractivity contribution in [3.8, 4) is 5.95 Å². The lowest BCUT2D eigenvalue weighted by Crippen LogP contribution is -2.18. The molecular formula is C21H21N7O2. The van der Waals surface area contributed by atoms with Gasteiger partial charge in [0.2, 0.25) is 5.91 Å². The topological polar surface area (TPSA) is 118 Å². The van der Waals surface area contributed by atoms with Crippen LogP contribution in [0.1, 0.15) is 29.3 Å². The van der Waals surface area contributed by atoms with Crippen molar-refractivity contribution < 1.29 is 4.79 Å². The van der Waals surface area contributed by atoms with Gasteiger partial charge in [-0.1, -0.05) is 12.1 Å². The molecule has 3 aromatic heterocycles. The Labute approximate surface area is 172 Å². The number of para-hydroxylation sites is 1. The van der Waals surface area contributed by atoms with Gasteiger partial charge in [-0.15, -0.1) is 0 Å². The van der Waals surface area contributed by atoms with Crippen LogP contribution >= 0.6 is 0 Å². The van der Waals surface area contributed by atoms with Crippen molar-refractivity contribution in [2.45, 2.75) is 33.6 Å². The molecule has 0 aliphatic heterocycles. The number of hydrogen-bond acceptors (Lipinski definition) is 6. The SMILES string of the molecule is Cc1cc(C)nc(-n2nc(C)cc2NC(=O)CCc2nc3ccccc3c(=O)[nH]2)n1. The number of hydrogen-bond donors (Lipinski definition) is 2. The second-order valence-electron chi connectivity index (χ2n) is 7.11. The van der Waals surface area contributed by atoms with Crippen LogP contribution in [0.3, 0.4) is 0 Å². The van der Waals surface area contributed by atoms with Gasteiger partial charge in [-0.25, -0.2) is 15.0 Å². The summed E-state index contributed by atoms with van der Waals surface area (Å²) in [5, 5.41) is 7.78. The highest BCUT2D eigenvalue weighted by Crippen LogP contribution is 2.16. The number of aryl methyl sites for hydroxylation is 4.